The summed E-state index contributed by atoms with van der Waals surface area (Å²) in [6.07, 6.45) is 6.97. The molecule has 0 aromatic carbocycles. The van der Waals surface area contributed by atoms with E-state index in [-0.39, 0.29) is 29.3 Å². The van der Waals surface area contributed by atoms with E-state index in [1.165, 1.54) is 17.1 Å². The largest absolute Gasteiger partial charge is 0.354 e. The molecule has 0 radical (unpaired) electrons. The Balaban J connectivity index is 0.00000280. The average Bonchev–Trinajstić information content (AvgIpc) is 3.32. The first kappa shape index (κ1) is 23.1. The zero-order valence-electron chi connectivity index (χ0n) is 16.3. The van der Waals surface area contributed by atoms with Crippen LogP contribution in [0.15, 0.2) is 17.3 Å². The Morgan fingerprint density at radius 3 is 2.86 bits per heavy atom. The summed E-state index contributed by atoms with van der Waals surface area (Å²) >= 11 is 0. The third kappa shape index (κ3) is 6.41. The van der Waals surface area contributed by atoms with E-state index in [0.717, 1.165) is 45.3 Å². The molecule has 2 fully saturated rings. The SMILES string of the molecule is Cl.Cn1cc(S(=O)(=O)NCCN2CCCC(CNC(=O)C3CCCN3)C2)cn1. The Hall–Kier alpha value is -1.20. The fourth-order valence-electron chi connectivity index (χ4n) is 3.76. The average molecular weight is 435 g/mol. The molecule has 0 spiro atoms. The summed E-state index contributed by atoms with van der Waals surface area (Å²) in [6, 6.07) is -0.0356. The fourth-order valence-corrected chi connectivity index (χ4v) is 4.76. The number of rotatable bonds is 8. The molecule has 1 aromatic rings. The predicted octanol–water partition coefficient (Wildman–Crippen LogP) is -0.300. The number of hydrogen-bond donors (Lipinski definition) is 3. The minimum Gasteiger partial charge on any atom is -0.354 e. The number of hydrogen-bond acceptors (Lipinski definition) is 6. The molecule has 0 bridgehead atoms. The van der Waals surface area contributed by atoms with Crippen LogP contribution in [-0.2, 0) is 21.9 Å². The van der Waals surface area contributed by atoms with Crippen molar-refractivity contribution in [3.8, 4) is 0 Å². The number of aromatic nitrogens is 2. The van der Waals surface area contributed by atoms with Gasteiger partial charge in [-0.1, -0.05) is 0 Å². The maximum Gasteiger partial charge on any atom is 0.243 e. The molecule has 3 rings (SSSR count). The Kier molecular flexibility index (Phi) is 8.69. The summed E-state index contributed by atoms with van der Waals surface area (Å²) in [6.45, 7) is 4.48. The summed E-state index contributed by atoms with van der Waals surface area (Å²) in [5.74, 6) is 0.521. The molecule has 0 saturated carbocycles. The number of carbonyl (C=O) groups is 1. The predicted molar refractivity (Wildman–Crippen MR) is 109 cm³/mol. The smallest absolute Gasteiger partial charge is 0.243 e. The van der Waals surface area contributed by atoms with Crippen molar-refractivity contribution in [2.24, 2.45) is 13.0 Å². The lowest BCUT2D eigenvalue weighted by Gasteiger charge is -2.33. The van der Waals surface area contributed by atoms with Crippen molar-refractivity contribution in [1.29, 1.82) is 0 Å². The van der Waals surface area contributed by atoms with Crippen molar-refractivity contribution in [3.05, 3.63) is 12.4 Å². The normalized spacial score (nSPS) is 23.3. The summed E-state index contributed by atoms with van der Waals surface area (Å²) in [5, 5.41) is 10.2. The molecular formula is C17H31ClN6O3S. The number of nitrogens with zero attached hydrogens (tertiary/aromatic N) is 3. The molecule has 1 aromatic heterocycles. The van der Waals surface area contributed by atoms with Gasteiger partial charge in [-0.25, -0.2) is 13.1 Å². The zero-order chi connectivity index (χ0) is 19.3. The van der Waals surface area contributed by atoms with E-state index in [2.05, 4.69) is 25.4 Å². The van der Waals surface area contributed by atoms with Crippen LogP contribution in [0.4, 0.5) is 0 Å². The number of amides is 1. The minimum atomic E-state index is -3.51. The van der Waals surface area contributed by atoms with Crippen LogP contribution in [0.25, 0.3) is 0 Å². The maximum absolute atomic E-state index is 12.2. The van der Waals surface area contributed by atoms with E-state index in [0.29, 0.717) is 25.6 Å². The van der Waals surface area contributed by atoms with Crippen LogP contribution in [0.3, 0.4) is 0 Å². The molecule has 160 valence electrons. The van der Waals surface area contributed by atoms with Crippen LogP contribution in [0.2, 0.25) is 0 Å². The van der Waals surface area contributed by atoms with Crippen molar-refractivity contribution < 1.29 is 13.2 Å². The number of halogens is 1. The molecule has 3 N–H and O–H groups in total. The third-order valence-electron chi connectivity index (χ3n) is 5.26. The van der Waals surface area contributed by atoms with Crippen LogP contribution in [0, 0.1) is 5.92 Å². The molecular weight excluding hydrogens is 404 g/mol. The number of piperidine rings is 1. The molecule has 28 heavy (non-hydrogen) atoms. The second kappa shape index (κ2) is 10.5. The molecule has 2 unspecified atom stereocenters. The van der Waals surface area contributed by atoms with Gasteiger partial charge in [0.2, 0.25) is 15.9 Å². The molecule has 2 aliphatic heterocycles. The van der Waals surface area contributed by atoms with Gasteiger partial charge < -0.3 is 15.5 Å². The van der Waals surface area contributed by atoms with E-state index >= 15 is 0 Å². The van der Waals surface area contributed by atoms with Gasteiger partial charge in [0.1, 0.15) is 4.90 Å². The van der Waals surface area contributed by atoms with Gasteiger partial charge in [-0.05, 0) is 44.7 Å². The van der Waals surface area contributed by atoms with E-state index < -0.39 is 10.0 Å². The quantitative estimate of drug-likeness (QED) is 0.518. The number of nitrogens with one attached hydrogen (secondary N) is 3. The van der Waals surface area contributed by atoms with Gasteiger partial charge in [-0.15, -0.1) is 12.4 Å². The molecule has 0 aliphatic carbocycles. The van der Waals surface area contributed by atoms with Crippen molar-refractivity contribution in [2.45, 2.75) is 36.6 Å². The van der Waals surface area contributed by atoms with Gasteiger partial charge in [0, 0.05) is 39.4 Å². The number of aryl methyl sites for hydroxylation is 1. The summed E-state index contributed by atoms with van der Waals surface area (Å²) in [5.41, 5.74) is 0. The molecule has 3 heterocycles. The van der Waals surface area contributed by atoms with Crippen LogP contribution < -0.4 is 15.4 Å². The van der Waals surface area contributed by atoms with E-state index in [4.69, 9.17) is 0 Å². The van der Waals surface area contributed by atoms with Crippen molar-refractivity contribution in [2.75, 3.05) is 39.3 Å². The van der Waals surface area contributed by atoms with Gasteiger partial charge in [-0.2, -0.15) is 5.10 Å². The number of carbonyl (C=O) groups excluding carboxylic acids is 1. The molecule has 11 heteroatoms. The topological polar surface area (TPSA) is 108 Å². The second-order valence-corrected chi connectivity index (χ2v) is 9.22. The highest BCUT2D eigenvalue weighted by Gasteiger charge is 2.25. The standard InChI is InChI=1S/C17H30N6O3S.ClH/c1-22-13-15(11-20-22)27(25,26)21-7-9-23-8-3-4-14(12-23)10-19-17(24)16-5-2-6-18-16;/h11,13-14,16,18,21H,2-10,12H2,1H3,(H,19,24);1H. The highest BCUT2D eigenvalue weighted by molar-refractivity contribution is 7.89. The lowest BCUT2D eigenvalue weighted by molar-refractivity contribution is -0.123. The van der Waals surface area contributed by atoms with Gasteiger partial charge in [0.05, 0.1) is 12.2 Å². The van der Waals surface area contributed by atoms with Crippen molar-refractivity contribution in [3.63, 3.8) is 0 Å². The van der Waals surface area contributed by atoms with Crippen LogP contribution >= 0.6 is 12.4 Å². The maximum atomic E-state index is 12.2. The second-order valence-electron chi connectivity index (χ2n) is 7.45. The number of sulfonamides is 1. The van der Waals surface area contributed by atoms with E-state index in [1.807, 2.05) is 0 Å². The Bertz CT molecular complexity index is 735. The number of likely N-dealkylation sites (tertiary alicyclic amines) is 1. The van der Waals surface area contributed by atoms with E-state index in [1.54, 1.807) is 7.05 Å². The summed E-state index contributed by atoms with van der Waals surface area (Å²) in [7, 11) is -1.82. The molecule has 9 nitrogen and oxygen atoms in total. The van der Waals surface area contributed by atoms with Crippen LogP contribution in [0.1, 0.15) is 25.7 Å². The first-order valence-corrected chi connectivity index (χ1v) is 11.1. The Morgan fingerprint density at radius 1 is 1.36 bits per heavy atom. The summed E-state index contributed by atoms with van der Waals surface area (Å²) in [4.78, 5) is 14.6. The molecule has 1 amide bonds. The van der Waals surface area contributed by atoms with Gasteiger partial charge in [-0.3, -0.25) is 9.48 Å². The third-order valence-corrected chi connectivity index (χ3v) is 6.67. The van der Waals surface area contributed by atoms with Gasteiger partial charge >= 0.3 is 0 Å². The Labute approximate surface area is 173 Å². The van der Waals surface area contributed by atoms with Crippen LogP contribution in [0.5, 0.6) is 0 Å². The Morgan fingerprint density at radius 2 is 2.18 bits per heavy atom. The molecule has 2 saturated heterocycles. The first-order valence-electron chi connectivity index (χ1n) is 9.66. The minimum absolute atomic E-state index is 0. The monoisotopic (exact) mass is 434 g/mol. The first-order chi connectivity index (χ1) is 12.9. The van der Waals surface area contributed by atoms with Crippen LogP contribution in [-0.4, -0.2) is 74.3 Å². The van der Waals surface area contributed by atoms with Gasteiger partial charge in [0.15, 0.2) is 0 Å². The van der Waals surface area contributed by atoms with Gasteiger partial charge in [0.25, 0.3) is 0 Å². The highest BCUT2D eigenvalue weighted by Crippen LogP contribution is 2.16. The van der Waals surface area contributed by atoms with Crippen molar-refractivity contribution in [1.82, 2.24) is 30.0 Å². The lowest BCUT2D eigenvalue weighted by atomic mass is 9.98. The van der Waals surface area contributed by atoms with E-state index in [9.17, 15) is 13.2 Å². The zero-order valence-corrected chi connectivity index (χ0v) is 17.9. The molecule has 2 aliphatic rings. The van der Waals surface area contributed by atoms with Crippen molar-refractivity contribution >= 4 is 28.3 Å². The molecule has 2 atom stereocenters. The lowest BCUT2D eigenvalue weighted by Crippen LogP contribution is -2.46. The fraction of sp³-hybridized carbons (Fsp3) is 0.765. The highest BCUT2D eigenvalue weighted by atomic mass is 35.5. The summed E-state index contributed by atoms with van der Waals surface area (Å²) < 4.78 is 28.5.